The molecule has 0 saturated carbocycles. The Kier molecular flexibility index (Phi) is 5.10. The fraction of sp³-hybridized carbons (Fsp3) is 0.333. The van der Waals surface area contributed by atoms with Crippen LogP contribution in [0, 0.1) is 23.1 Å². The van der Waals surface area contributed by atoms with Gasteiger partial charge in [-0.3, -0.25) is 4.79 Å². The molecule has 0 fully saturated rings. The molecule has 0 aromatic heterocycles. The number of benzene rings is 1. The third kappa shape index (κ3) is 3.70. The van der Waals surface area contributed by atoms with Gasteiger partial charge in [-0.1, -0.05) is 6.92 Å². The van der Waals surface area contributed by atoms with Crippen LogP contribution in [0.4, 0.5) is 10.1 Å². The van der Waals surface area contributed by atoms with Crippen LogP contribution < -0.4 is 5.32 Å². The lowest BCUT2D eigenvalue weighted by Crippen LogP contribution is -2.15. The maximum absolute atomic E-state index is 13.8. The van der Waals surface area contributed by atoms with Gasteiger partial charge >= 0.3 is 5.97 Å². The van der Waals surface area contributed by atoms with Crippen molar-refractivity contribution in [3.05, 3.63) is 28.0 Å². The van der Waals surface area contributed by atoms with Gasteiger partial charge in [-0.05, 0) is 34.0 Å². The normalized spacial score (nSPS) is 11.7. The number of nitrogens with zero attached hydrogens (tertiary/aromatic N) is 1. The Labute approximate surface area is 113 Å². The van der Waals surface area contributed by atoms with Crippen LogP contribution in [-0.4, -0.2) is 17.6 Å². The number of hydrogen-bond donors (Lipinski definition) is 2. The second-order valence-electron chi connectivity index (χ2n) is 3.98. The predicted octanol–water partition coefficient (Wildman–Crippen LogP) is 2.98. The summed E-state index contributed by atoms with van der Waals surface area (Å²) in [6.07, 6.45) is 0.0199. The number of carboxylic acids is 1. The van der Waals surface area contributed by atoms with E-state index in [9.17, 15) is 9.18 Å². The summed E-state index contributed by atoms with van der Waals surface area (Å²) in [6.45, 7) is 2.11. The molecule has 0 aliphatic carbocycles. The summed E-state index contributed by atoms with van der Waals surface area (Å²) in [7, 11) is 0. The van der Waals surface area contributed by atoms with E-state index in [4.69, 9.17) is 10.4 Å². The van der Waals surface area contributed by atoms with E-state index in [1.54, 1.807) is 6.92 Å². The first-order valence-corrected chi connectivity index (χ1v) is 6.08. The topological polar surface area (TPSA) is 73.1 Å². The van der Waals surface area contributed by atoms with E-state index in [0.29, 0.717) is 6.54 Å². The van der Waals surface area contributed by atoms with Gasteiger partial charge < -0.3 is 10.4 Å². The van der Waals surface area contributed by atoms with Gasteiger partial charge in [-0.2, -0.15) is 5.26 Å². The van der Waals surface area contributed by atoms with Gasteiger partial charge in [-0.15, -0.1) is 0 Å². The molecule has 1 atom stereocenters. The van der Waals surface area contributed by atoms with Crippen molar-refractivity contribution in [2.75, 3.05) is 11.9 Å². The van der Waals surface area contributed by atoms with Crippen LogP contribution in [0.5, 0.6) is 0 Å². The lowest BCUT2D eigenvalue weighted by atomic mass is 10.1. The molecule has 96 valence electrons. The molecule has 1 aromatic rings. The molecule has 0 amide bonds. The molecule has 0 radical (unpaired) electrons. The minimum atomic E-state index is -0.884. The fourth-order valence-electron chi connectivity index (χ4n) is 1.43. The molecule has 0 bridgehead atoms. The van der Waals surface area contributed by atoms with E-state index in [1.165, 1.54) is 12.1 Å². The summed E-state index contributed by atoms with van der Waals surface area (Å²) in [5.74, 6) is -1.54. The third-order valence-electron chi connectivity index (χ3n) is 2.37. The van der Waals surface area contributed by atoms with Gasteiger partial charge in [0, 0.05) is 13.0 Å². The van der Waals surface area contributed by atoms with E-state index in [1.807, 2.05) is 6.07 Å². The van der Waals surface area contributed by atoms with E-state index in [-0.39, 0.29) is 28.1 Å². The van der Waals surface area contributed by atoms with Crippen molar-refractivity contribution in [3.8, 4) is 6.07 Å². The van der Waals surface area contributed by atoms with Crippen LogP contribution in [0.25, 0.3) is 0 Å². The molecule has 0 aliphatic rings. The molecule has 4 nitrogen and oxygen atoms in total. The van der Waals surface area contributed by atoms with Crippen molar-refractivity contribution in [1.29, 1.82) is 5.26 Å². The van der Waals surface area contributed by atoms with Gasteiger partial charge in [-0.25, -0.2) is 4.39 Å². The Balaban J connectivity index is 2.72. The zero-order chi connectivity index (χ0) is 13.7. The van der Waals surface area contributed by atoms with Crippen molar-refractivity contribution in [2.45, 2.75) is 13.3 Å². The molecule has 1 unspecified atom stereocenters. The van der Waals surface area contributed by atoms with Crippen molar-refractivity contribution in [2.24, 2.45) is 5.92 Å². The molecule has 1 rings (SSSR count). The quantitative estimate of drug-likeness (QED) is 0.876. The molecule has 0 heterocycles. The van der Waals surface area contributed by atoms with E-state index in [2.05, 4.69) is 21.2 Å². The molecule has 0 saturated heterocycles. The first kappa shape index (κ1) is 14.5. The molecular weight excluding hydrogens is 303 g/mol. The molecule has 1 aromatic carbocycles. The standard InChI is InChI=1S/C12H12BrFN2O2/c1-7(4-10(17)18)6-16-9-3-2-8(5-15)11(13)12(9)14/h2-3,7,16H,4,6H2,1H3,(H,17,18). The summed E-state index contributed by atoms with van der Waals surface area (Å²) in [5, 5.41) is 20.2. The van der Waals surface area contributed by atoms with Crippen LogP contribution in [0.2, 0.25) is 0 Å². The summed E-state index contributed by atoms with van der Waals surface area (Å²) >= 11 is 3.01. The van der Waals surface area contributed by atoms with Crippen molar-refractivity contribution in [3.63, 3.8) is 0 Å². The van der Waals surface area contributed by atoms with E-state index < -0.39 is 11.8 Å². The van der Waals surface area contributed by atoms with Gasteiger partial charge in [0.15, 0.2) is 5.82 Å². The molecule has 18 heavy (non-hydrogen) atoms. The number of carbonyl (C=O) groups is 1. The monoisotopic (exact) mass is 314 g/mol. The largest absolute Gasteiger partial charge is 0.481 e. The van der Waals surface area contributed by atoms with Crippen molar-refractivity contribution >= 4 is 27.6 Å². The predicted molar refractivity (Wildman–Crippen MR) is 68.7 cm³/mol. The second-order valence-corrected chi connectivity index (χ2v) is 4.78. The van der Waals surface area contributed by atoms with Crippen LogP contribution in [-0.2, 0) is 4.79 Å². The number of aliphatic carboxylic acids is 1. The minimum Gasteiger partial charge on any atom is -0.481 e. The Bertz CT molecular complexity index is 500. The van der Waals surface area contributed by atoms with Gasteiger partial charge in [0.2, 0.25) is 0 Å². The molecule has 6 heteroatoms. The zero-order valence-corrected chi connectivity index (χ0v) is 11.3. The van der Waals surface area contributed by atoms with Gasteiger partial charge in [0.25, 0.3) is 0 Å². The molecule has 0 spiro atoms. The molecule has 2 N–H and O–H groups in total. The lowest BCUT2D eigenvalue weighted by molar-refractivity contribution is -0.137. The van der Waals surface area contributed by atoms with Gasteiger partial charge in [0.05, 0.1) is 15.7 Å². The average molecular weight is 315 g/mol. The van der Waals surface area contributed by atoms with Crippen LogP contribution >= 0.6 is 15.9 Å². The number of carboxylic acid groups (broad SMARTS) is 1. The Morgan fingerprint density at radius 2 is 2.33 bits per heavy atom. The number of hydrogen-bond acceptors (Lipinski definition) is 3. The third-order valence-corrected chi connectivity index (χ3v) is 3.14. The molecule has 0 aliphatic heterocycles. The summed E-state index contributed by atoms with van der Waals surface area (Å²) in [5.41, 5.74) is 0.467. The number of rotatable bonds is 5. The number of nitrogens with one attached hydrogen (secondary N) is 1. The average Bonchev–Trinajstić information content (AvgIpc) is 2.30. The summed E-state index contributed by atoms with van der Waals surface area (Å²) in [4.78, 5) is 10.5. The van der Waals surface area contributed by atoms with Crippen LogP contribution in [0.15, 0.2) is 16.6 Å². The van der Waals surface area contributed by atoms with Crippen LogP contribution in [0.3, 0.4) is 0 Å². The maximum atomic E-state index is 13.8. The Hall–Kier alpha value is -1.61. The number of nitriles is 1. The highest BCUT2D eigenvalue weighted by atomic mass is 79.9. The van der Waals surface area contributed by atoms with Crippen molar-refractivity contribution < 1.29 is 14.3 Å². The van der Waals surface area contributed by atoms with Gasteiger partial charge in [0.1, 0.15) is 6.07 Å². The smallest absolute Gasteiger partial charge is 0.303 e. The van der Waals surface area contributed by atoms with E-state index in [0.717, 1.165) is 0 Å². The van der Waals surface area contributed by atoms with E-state index >= 15 is 0 Å². The molecular formula is C12H12BrFN2O2. The number of anilines is 1. The first-order chi connectivity index (χ1) is 8.45. The Morgan fingerprint density at radius 1 is 1.67 bits per heavy atom. The highest BCUT2D eigenvalue weighted by Gasteiger charge is 2.12. The SMILES string of the molecule is CC(CNc1ccc(C#N)c(Br)c1F)CC(=O)O. The second kappa shape index (κ2) is 6.36. The van der Waals surface area contributed by atoms with Crippen molar-refractivity contribution in [1.82, 2.24) is 0 Å². The maximum Gasteiger partial charge on any atom is 0.303 e. The Morgan fingerprint density at radius 3 is 2.89 bits per heavy atom. The number of halogens is 2. The highest BCUT2D eigenvalue weighted by molar-refractivity contribution is 9.10. The first-order valence-electron chi connectivity index (χ1n) is 5.29. The highest BCUT2D eigenvalue weighted by Crippen LogP contribution is 2.26. The van der Waals surface area contributed by atoms with Crippen LogP contribution in [0.1, 0.15) is 18.9 Å². The lowest BCUT2D eigenvalue weighted by Gasteiger charge is -2.13. The fourth-order valence-corrected chi connectivity index (χ4v) is 1.86. The summed E-state index contributed by atoms with van der Waals surface area (Å²) < 4.78 is 13.9. The zero-order valence-electron chi connectivity index (χ0n) is 9.70. The summed E-state index contributed by atoms with van der Waals surface area (Å²) in [6, 6.07) is 4.82. The minimum absolute atomic E-state index is 0.0199.